The summed E-state index contributed by atoms with van der Waals surface area (Å²) in [7, 11) is 3.48. The van der Waals surface area contributed by atoms with Crippen LogP contribution in [-0.2, 0) is 26.6 Å². The third kappa shape index (κ3) is 5.05. The molecule has 13 heteroatoms. The zero-order valence-electron chi connectivity index (χ0n) is 27.4. The van der Waals surface area contributed by atoms with Gasteiger partial charge >= 0.3 is 0 Å². The molecule has 246 valence electrons. The number of aromatic nitrogens is 8. The Balaban J connectivity index is 1.04. The van der Waals surface area contributed by atoms with Crippen molar-refractivity contribution in [3.05, 3.63) is 72.2 Å². The standard InChI is InChI=1S/C35H39N11O2/c1-4-29-40-41-30-19-44(15-16-45(29)30)23-10-12-24(13-11-23)46-34-31(33(36)37-20-38-34)32(42-46)22-9-14-25(28(18-22)48-3)39-35(47)27-17-21-7-5-6-8-26(21)43(27)2/h5-9,14,17-18,20,23-24H,4,10-13,15-16,19H2,1-3H3,(H,39,47)(H2,36,37,38)/t23-,24+. The van der Waals surface area contributed by atoms with Gasteiger partial charge in [-0.3, -0.25) is 9.69 Å². The summed E-state index contributed by atoms with van der Waals surface area (Å²) < 4.78 is 12.0. The number of nitrogen functional groups attached to an aromatic ring is 1. The summed E-state index contributed by atoms with van der Waals surface area (Å²) in [4.78, 5) is 24.9. The van der Waals surface area contributed by atoms with Crippen LogP contribution in [-0.4, -0.2) is 69.6 Å². The van der Waals surface area contributed by atoms with Gasteiger partial charge in [-0.25, -0.2) is 14.6 Å². The van der Waals surface area contributed by atoms with Crippen molar-refractivity contribution in [2.45, 2.75) is 64.2 Å². The third-order valence-electron chi connectivity index (χ3n) is 10.1. The Morgan fingerprint density at radius 2 is 1.83 bits per heavy atom. The second kappa shape index (κ2) is 12.1. The second-order valence-corrected chi connectivity index (χ2v) is 12.7. The van der Waals surface area contributed by atoms with Gasteiger partial charge in [-0.2, -0.15) is 5.10 Å². The molecular weight excluding hydrogens is 606 g/mol. The molecule has 0 unspecified atom stereocenters. The molecule has 8 rings (SSSR count). The van der Waals surface area contributed by atoms with E-state index in [2.05, 4.69) is 41.9 Å². The number of amides is 1. The zero-order valence-corrected chi connectivity index (χ0v) is 27.4. The lowest BCUT2D eigenvalue weighted by Crippen LogP contribution is -2.43. The molecule has 2 aromatic carbocycles. The molecule has 1 aliphatic carbocycles. The first-order valence-corrected chi connectivity index (χ1v) is 16.6. The molecule has 0 bridgehead atoms. The van der Waals surface area contributed by atoms with E-state index in [1.54, 1.807) is 7.11 Å². The van der Waals surface area contributed by atoms with Gasteiger partial charge in [-0.1, -0.05) is 31.2 Å². The van der Waals surface area contributed by atoms with Crippen molar-refractivity contribution >= 4 is 39.3 Å². The van der Waals surface area contributed by atoms with Gasteiger partial charge in [0.05, 0.1) is 30.8 Å². The molecule has 1 saturated carbocycles. The minimum absolute atomic E-state index is 0.188. The molecule has 0 saturated heterocycles. The molecule has 1 amide bonds. The van der Waals surface area contributed by atoms with Crippen molar-refractivity contribution in [2.75, 3.05) is 24.7 Å². The summed E-state index contributed by atoms with van der Waals surface area (Å²) in [6.07, 6.45) is 6.51. The van der Waals surface area contributed by atoms with Crippen LogP contribution in [0.15, 0.2) is 54.9 Å². The largest absolute Gasteiger partial charge is 0.495 e. The summed E-state index contributed by atoms with van der Waals surface area (Å²) in [5.41, 5.74) is 10.8. The molecule has 2 aliphatic rings. The van der Waals surface area contributed by atoms with Crippen molar-refractivity contribution in [3.63, 3.8) is 0 Å². The number of aryl methyl sites for hydroxylation is 2. The van der Waals surface area contributed by atoms with Gasteiger partial charge in [0.2, 0.25) is 0 Å². The molecule has 0 atom stereocenters. The maximum absolute atomic E-state index is 13.4. The Morgan fingerprint density at radius 1 is 1.02 bits per heavy atom. The number of carbonyl (C=O) groups excluding carboxylic acids is 1. The highest BCUT2D eigenvalue weighted by atomic mass is 16.5. The van der Waals surface area contributed by atoms with E-state index in [0.29, 0.717) is 34.7 Å². The van der Waals surface area contributed by atoms with Crippen LogP contribution < -0.4 is 15.8 Å². The summed E-state index contributed by atoms with van der Waals surface area (Å²) in [5, 5.41) is 18.7. The fourth-order valence-electron chi connectivity index (χ4n) is 7.56. The molecule has 0 radical (unpaired) electrons. The molecule has 1 fully saturated rings. The normalized spacial score (nSPS) is 18.3. The van der Waals surface area contributed by atoms with E-state index in [-0.39, 0.29) is 11.9 Å². The van der Waals surface area contributed by atoms with Crippen LogP contribution in [0.5, 0.6) is 5.75 Å². The first-order chi connectivity index (χ1) is 23.4. The molecule has 3 N–H and O–H groups in total. The highest BCUT2D eigenvalue weighted by Gasteiger charge is 2.32. The van der Waals surface area contributed by atoms with E-state index in [0.717, 1.165) is 90.9 Å². The van der Waals surface area contributed by atoms with Crippen LogP contribution in [0.1, 0.15) is 60.8 Å². The fraction of sp³-hybridized carbons (Fsp3) is 0.371. The number of ether oxygens (including phenoxy) is 1. The third-order valence-corrected chi connectivity index (χ3v) is 10.1. The van der Waals surface area contributed by atoms with Crippen LogP contribution in [0.25, 0.3) is 33.2 Å². The molecular formula is C35H39N11O2. The number of fused-ring (bicyclic) bond motifs is 3. The summed E-state index contributed by atoms with van der Waals surface area (Å²) in [6.45, 7) is 4.95. The lowest BCUT2D eigenvalue weighted by atomic mass is 9.90. The number of para-hydroxylation sites is 1. The van der Waals surface area contributed by atoms with Crippen LogP contribution in [0.3, 0.4) is 0 Å². The topological polar surface area (TPSA) is 147 Å². The number of rotatable bonds is 7. The predicted molar refractivity (Wildman–Crippen MR) is 184 cm³/mol. The van der Waals surface area contributed by atoms with Crippen molar-refractivity contribution in [3.8, 4) is 17.0 Å². The highest BCUT2D eigenvalue weighted by Crippen LogP contribution is 2.39. The lowest BCUT2D eigenvalue weighted by Gasteiger charge is -2.38. The van der Waals surface area contributed by atoms with Gasteiger partial charge in [0, 0.05) is 49.1 Å². The molecule has 1 aliphatic heterocycles. The van der Waals surface area contributed by atoms with Crippen LogP contribution >= 0.6 is 0 Å². The van der Waals surface area contributed by atoms with Gasteiger partial charge in [-0.05, 0) is 49.9 Å². The number of anilines is 2. The Morgan fingerprint density at radius 3 is 2.62 bits per heavy atom. The average Bonchev–Trinajstić information content (AvgIpc) is 3.82. The van der Waals surface area contributed by atoms with Gasteiger partial charge in [0.15, 0.2) is 5.65 Å². The molecule has 0 spiro atoms. The summed E-state index contributed by atoms with van der Waals surface area (Å²) >= 11 is 0. The van der Waals surface area contributed by atoms with Crippen molar-refractivity contribution in [2.24, 2.45) is 7.05 Å². The van der Waals surface area contributed by atoms with E-state index < -0.39 is 0 Å². The predicted octanol–water partition coefficient (Wildman–Crippen LogP) is 4.98. The maximum atomic E-state index is 13.4. The van der Waals surface area contributed by atoms with E-state index in [4.69, 9.17) is 15.6 Å². The number of nitrogens with two attached hydrogens (primary N) is 1. The Hall–Kier alpha value is -5.30. The van der Waals surface area contributed by atoms with Gasteiger partial charge < -0.3 is 24.9 Å². The zero-order chi connectivity index (χ0) is 32.9. The molecule has 6 aromatic rings. The minimum atomic E-state index is -0.222. The Bertz CT molecular complexity index is 2150. The van der Waals surface area contributed by atoms with E-state index in [1.807, 2.05) is 64.8 Å². The monoisotopic (exact) mass is 645 g/mol. The number of carbonyl (C=O) groups is 1. The number of methoxy groups -OCH3 is 1. The SMILES string of the molecule is CCc1nnc2n1CCN([C@H]1CC[C@@H](n3nc(-c4ccc(NC(=O)c5cc6ccccc6n5C)c(OC)c4)c4c(N)ncnc43)CC1)C2. The second-order valence-electron chi connectivity index (χ2n) is 12.7. The maximum Gasteiger partial charge on any atom is 0.272 e. The molecule has 5 heterocycles. The van der Waals surface area contributed by atoms with Gasteiger partial charge in [0.1, 0.15) is 40.9 Å². The van der Waals surface area contributed by atoms with Crippen LogP contribution in [0, 0.1) is 0 Å². The number of hydrogen-bond donors (Lipinski definition) is 2. The molecule has 13 nitrogen and oxygen atoms in total. The van der Waals surface area contributed by atoms with Gasteiger partial charge in [-0.15, -0.1) is 10.2 Å². The number of nitrogens with zero attached hydrogens (tertiary/aromatic N) is 9. The fourth-order valence-corrected chi connectivity index (χ4v) is 7.56. The smallest absolute Gasteiger partial charge is 0.272 e. The quantitative estimate of drug-likeness (QED) is 0.245. The molecule has 4 aromatic heterocycles. The average molecular weight is 646 g/mol. The highest BCUT2D eigenvalue weighted by molar-refractivity contribution is 6.07. The van der Waals surface area contributed by atoms with Crippen molar-refractivity contribution < 1.29 is 9.53 Å². The number of nitrogens with one attached hydrogen (secondary N) is 1. The van der Waals surface area contributed by atoms with Gasteiger partial charge in [0.25, 0.3) is 5.91 Å². The Kier molecular flexibility index (Phi) is 7.55. The van der Waals surface area contributed by atoms with Crippen molar-refractivity contribution in [1.82, 2.24) is 44.0 Å². The van der Waals surface area contributed by atoms with Crippen LogP contribution in [0.2, 0.25) is 0 Å². The number of hydrogen-bond acceptors (Lipinski definition) is 9. The first-order valence-electron chi connectivity index (χ1n) is 16.6. The van der Waals surface area contributed by atoms with E-state index >= 15 is 0 Å². The lowest BCUT2D eigenvalue weighted by molar-refractivity contribution is 0.101. The van der Waals surface area contributed by atoms with E-state index in [9.17, 15) is 4.79 Å². The van der Waals surface area contributed by atoms with Crippen LogP contribution in [0.4, 0.5) is 11.5 Å². The summed E-state index contributed by atoms with van der Waals surface area (Å²) in [6, 6.07) is 16.1. The van der Waals surface area contributed by atoms with E-state index in [1.165, 1.54) is 6.33 Å². The van der Waals surface area contributed by atoms with Crippen molar-refractivity contribution in [1.29, 1.82) is 0 Å². The number of benzene rings is 2. The Labute approximate surface area is 277 Å². The molecule has 48 heavy (non-hydrogen) atoms. The summed E-state index contributed by atoms with van der Waals surface area (Å²) in [5.74, 6) is 2.83. The first kappa shape index (κ1) is 30.1. The minimum Gasteiger partial charge on any atom is -0.495 e.